The summed E-state index contributed by atoms with van der Waals surface area (Å²) in [6.07, 6.45) is 15.6. The molecule has 98 valence electrons. The maximum Gasteiger partial charge on any atom is 0.0459 e. The normalized spacial score (nSPS) is 39.6. The van der Waals surface area contributed by atoms with Crippen LogP contribution in [0.4, 0.5) is 0 Å². The number of allylic oxidation sites excluding steroid dienone is 2. The molecule has 0 amide bonds. The highest BCUT2D eigenvalue weighted by Gasteiger charge is 2.29. The molecule has 2 rings (SSSR count). The third-order valence-electron chi connectivity index (χ3n) is 5.10. The van der Waals surface area contributed by atoms with Crippen LogP contribution < -0.4 is 0 Å². The standard InChI is InChI=1S/C16H28O/c1-2-3-13-4-8-15(9-5-13)16-10-6-14(12-17)7-11-16/h2-3,13-17H,4-12H2,1H3/b3-2-. The van der Waals surface area contributed by atoms with Gasteiger partial charge in [-0.05, 0) is 82.0 Å². The monoisotopic (exact) mass is 236 g/mol. The summed E-state index contributed by atoms with van der Waals surface area (Å²) in [7, 11) is 0. The Balaban J connectivity index is 1.74. The maximum absolute atomic E-state index is 9.17. The molecule has 0 bridgehead atoms. The van der Waals surface area contributed by atoms with Crippen molar-refractivity contribution in [3.05, 3.63) is 12.2 Å². The molecule has 1 N–H and O–H groups in total. The predicted molar refractivity (Wildman–Crippen MR) is 72.8 cm³/mol. The molecule has 0 unspecified atom stereocenters. The quantitative estimate of drug-likeness (QED) is 0.729. The molecule has 2 saturated carbocycles. The smallest absolute Gasteiger partial charge is 0.0459 e. The lowest BCUT2D eigenvalue weighted by Gasteiger charge is -2.37. The summed E-state index contributed by atoms with van der Waals surface area (Å²) in [5.41, 5.74) is 0. The van der Waals surface area contributed by atoms with Crippen LogP contribution in [0.15, 0.2) is 12.2 Å². The van der Waals surface area contributed by atoms with E-state index >= 15 is 0 Å². The van der Waals surface area contributed by atoms with Gasteiger partial charge in [0.2, 0.25) is 0 Å². The summed E-state index contributed by atoms with van der Waals surface area (Å²) < 4.78 is 0. The van der Waals surface area contributed by atoms with E-state index in [1.54, 1.807) is 0 Å². The number of aliphatic hydroxyl groups is 1. The van der Waals surface area contributed by atoms with Crippen LogP contribution in [0.1, 0.15) is 58.3 Å². The fourth-order valence-corrected chi connectivity index (χ4v) is 3.92. The Kier molecular flexibility index (Phi) is 5.09. The van der Waals surface area contributed by atoms with E-state index in [0.717, 1.165) is 17.8 Å². The number of hydrogen-bond donors (Lipinski definition) is 1. The van der Waals surface area contributed by atoms with Crippen molar-refractivity contribution in [3.8, 4) is 0 Å². The van der Waals surface area contributed by atoms with Crippen molar-refractivity contribution in [1.82, 2.24) is 0 Å². The molecule has 1 heteroatoms. The Labute approximate surface area is 106 Å². The average Bonchev–Trinajstić information content (AvgIpc) is 2.40. The Morgan fingerprint density at radius 3 is 1.88 bits per heavy atom. The second kappa shape index (κ2) is 6.58. The molecular weight excluding hydrogens is 208 g/mol. The Bertz CT molecular complexity index is 230. The van der Waals surface area contributed by atoms with Crippen LogP contribution in [-0.4, -0.2) is 11.7 Å². The topological polar surface area (TPSA) is 20.2 Å². The van der Waals surface area contributed by atoms with E-state index in [9.17, 15) is 5.11 Å². The van der Waals surface area contributed by atoms with Gasteiger partial charge in [-0.15, -0.1) is 0 Å². The molecule has 0 aromatic carbocycles. The van der Waals surface area contributed by atoms with E-state index in [4.69, 9.17) is 0 Å². The lowest BCUT2D eigenvalue weighted by molar-refractivity contribution is 0.122. The predicted octanol–water partition coefficient (Wildman–Crippen LogP) is 4.17. The van der Waals surface area contributed by atoms with Crippen molar-refractivity contribution < 1.29 is 5.11 Å². The van der Waals surface area contributed by atoms with Crippen molar-refractivity contribution in [2.75, 3.05) is 6.61 Å². The van der Waals surface area contributed by atoms with Crippen LogP contribution in [0.3, 0.4) is 0 Å². The first-order valence-electron chi connectivity index (χ1n) is 7.57. The van der Waals surface area contributed by atoms with Crippen LogP contribution in [0, 0.1) is 23.7 Å². The highest BCUT2D eigenvalue weighted by atomic mass is 16.3. The fourth-order valence-electron chi connectivity index (χ4n) is 3.92. The van der Waals surface area contributed by atoms with E-state index in [2.05, 4.69) is 19.1 Å². The molecule has 1 nitrogen and oxygen atoms in total. The molecule has 0 atom stereocenters. The van der Waals surface area contributed by atoms with E-state index in [-0.39, 0.29) is 0 Å². The molecule has 0 heterocycles. The summed E-state index contributed by atoms with van der Waals surface area (Å²) in [5.74, 6) is 3.45. The van der Waals surface area contributed by atoms with E-state index in [1.165, 1.54) is 51.4 Å². The van der Waals surface area contributed by atoms with Crippen molar-refractivity contribution in [2.45, 2.75) is 58.3 Å². The molecule has 2 aliphatic rings. The van der Waals surface area contributed by atoms with Gasteiger partial charge < -0.3 is 5.11 Å². The first-order chi connectivity index (χ1) is 8.33. The van der Waals surface area contributed by atoms with Gasteiger partial charge in [0.1, 0.15) is 0 Å². The van der Waals surface area contributed by atoms with Gasteiger partial charge in [-0.25, -0.2) is 0 Å². The van der Waals surface area contributed by atoms with Crippen molar-refractivity contribution in [3.63, 3.8) is 0 Å². The molecule has 0 aromatic rings. The van der Waals surface area contributed by atoms with Gasteiger partial charge in [0.15, 0.2) is 0 Å². The minimum Gasteiger partial charge on any atom is -0.396 e. The summed E-state index contributed by atoms with van der Waals surface area (Å²) in [4.78, 5) is 0. The third kappa shape index (κ3) is 3.58. The Morgan fingerprint density at radius 2 is 1.41 bits per heavy atom. The largest absolute Gasteiger partial charge is 0.396 e. The van der Waals surface area contributed by atoms with Crippen LogP contribution in [0.2, 0.25) is 0 Å². The van der Waals surface area contributed by atoms with E-state index < -0.39 is 0 Å². The minimum atomic E-state index is 0.417. The van der Waals surface area contributed by atoms with Crippen molar-refractivity contribution >= 4 is 0 Å². The molecule has 0 aliphatic heterocycles. The van der Waals surface area contributed by atoms with Crippen molar-refractivity contribution in [2.24, 2.45) is 23.7 Å². The van der Waals surface area contributed by atoms with Crippen LogP contribution in [-0.2, 0) is 0 Å². The first-order valence-corrected chi connectivity index (χ1v) is 7.57. The average molecular weight is 236 g/mol. The molecule has 0 aromatic heterocycles. The van der Waals surface area contributed by atoms with Crippen LogP contribution in [0.25, 0.3) is 0 Å². The van der Waals surface area contributed by atoms with Crippen LogP contribution in [0.5, 0.6) is 0 Å². The summed E-state index contributed by atoms with van der Waals surface area (Å²) in [6, 6.07) is 0. The van der Waals surface area contributed by atoms with Gasteiger partial charge in [-0.1, -0.05) is 12.2 Å². The first kappa shape index (κ1) is 13.1. The molecule has 0 saturated heterocycles. The van der Waals surface area contributed by atoms with Gasteiger partial charge in [0.05, 0.1) is 0 Å². The molecule has 0 radical (unpaired) electrons. The third-order valence-corrected chi connectivity index (χ3v) is 5.10. The highest BCUT2D eigenvalue weighted by Crippen LogP contribution is 2.41. The summed E-state index contributed by atoms with van der Waals surface area (Å²) in [6.45, 7) is 2.56. The number of rotatable bonds is 3. The van der Waals surface area contributed by atoms with E-state index in [1.807, 2.05) is 0 Å². The zero-order valence-corrected chi connectivity index (χ0v) is 11.3. The molecule has 2 aliphatic carbocycles. The molecular formula is C16H28O. The maximum atomic E-state index is 9.17. The lowest BCUT2D eigenvalue weighted by Crippen LogP contribution is -2.26. The second-order valence-electron chi connectivity index (χ2n) is 6.16. The Morgan fingerprint density at radius 1 is 0.882 bits per heavy atom. The summed E-state index contributed by atoms with van der Waals surface area (Å²) >= 11 is 0. The SMILES string of the molecule is C/C=C\C1CCC(C2CCC(CO)CC2)CC1. The lowest BCUT2D eigenvalue weighted by atomic mass is 9.69. The van der Waals surface area contributed by atoms with Crippen molar-refractivity contribution in [1.29, 1.82) is 0 Å². The molecule has 0 spiro atoms. The highest BCUT2D eigenvalue weighted by molar-refractivity contribution is 4.90. The van der Waals surface area contributed by atoms with Gasteiger partial charge in [-0.2, -0.15) is 0 Å². The Hall–Kier alpha value is -0.300. The van der Waals surface area contributed by atoms with Crippen LogP contribution >= 0.6 is 0 Å². The zero-order chi connectivity index (χ0) is 12.1. The second-order valence-corrected chi connectivity index (χ2v) is 6.16. The van der Waals surface area contributed by atoms with Gasteiger partial charge in [-0.3, -0.25) is 0 Å². The fraction of sp³-hybridized carbons (Fsp3) is 0.875. The van der Waals surface area contributed by atoms with Gasteiger partial charge in [0, 0.05) is 6.61 Å². The summed E-state index contributed by atoms with van der Waals surface area (Å²) in [5, 5.41) is 9.17. The molecule has 2 fully saturated rings. The van der Waals surface area contributed by atoms with Gasteiger partial charge >= 0.3 is 0 Å². The number of aliphatic hydroxyl groups excluding tert-OH is 1. The minimum absolute atomic E-state index is 0.417. The number of hydrogen-bond acceptors (Lipinski definition) is 1. The zero-order valence-electron chi connectivity index (χ0n) is 11.3. The van der Waals surface area contributed by atoms with E-state index in [0.29, 0.717) is 12.5 Å². The van der Waals surface area contributed by atoms with Gasteiger partial charge in [0.25, 0.3) is 0 Å². The molecule has 17 heavy (non-hydrogen) atoms.